The Morgan fingerprint density at radius 2 is 1.79 bits per heavy atom. The van der Waals surface area contributed by atoms with Crippen molar-refractivity contribution in [2.24, 2.45) is 0 Å². The monoisotopic (exact) mass is 472 g/mol. The minimum atomic E-state index is -1.27. The largest absolute Gasteiger partial charge is 0.477 e. The van der Waals surface area contributed by atoms with E-state index in [1.165, 1.54) is 24.4 Å². The molecular formula is C21H14BrClN2O4. The number of carboxylic acids is 1. The van der Waals surface area contributed by atoms with Gasteiger partial charge in [0, 0.05) is 6.20 Å². The van der Waals surface area contributed by atoms with Crippen LogP contribution in [-0.2, 0) is 4.79 Å². The second-order valence-corrected chi connectivity index (χ2v) is 7.03. The summed E-state index contributed by atoms with van der Waals surface area (Å²) in [5.41, 5.74) is 0.500. The molecule has 1 heterocycles. The number of nitrogens with zero attached hydrogens (tertiary/aromatic N) is 1. The zero-order chi connectivity index (χ0) is 20.8. The van der Waals surface area contributed by atoms with E-state index in [2.05, 4.69) is 26.2 Å². The van der Waals surface area contributed by atoms with Crippen LogP contribution in [0.3, 0.4) is 0 Å². The molecule has 0 fully saturated rings. The number of aromatic nitrogens is 1. The number of carbonyl (C=O) groups excluding carboxylic acids is 1. The lowest BCUT2D eigenvalue weighted by Gasteiger charge is -2.08. The molecule has 3 rings (SSSR count). The molecule has 2 aromatic carbocycles. The number of nitrogens with one attached hydrogen (secondary N) is 1. The predicted octanol–water partition coefficient (Wildman–Crippen LogP) is 5.15. The lowest BCUT2D eigenvalue weighted by molar-refractivity contribution is -0.132. The molecule has 0 saturated carbocycles. The molecule has 0 unspecified atom stereocenters. The van der Waals surface area contributed by atoms with Crippen LogP contribution >= 0.6 is 27.5 Å². The smallest absolute Gasteiger partial charge is 0.352 e. The zero-order valence-electron chi connectivity index (χ0n) is 14.8. The van der Waals surface area contributed by atoms with Gasteiger partial charge in [-0.2, -0.15) is 0 Å². The van der Waals surface area contributed by atoms with Gasteiger partial charge in [0.2, 0.25) is 0 Å². The normalized spacial score (nSPS) is 11.0. The van der Waals surface area contributed by atoms with Gasteiger partial charge >= 0.3 is 5.97 Å². The lowest BCUT2D eigenvalue weighted by Crippen LogP contribution is -2.27. The summed E-state index contributed by atoms with van der Waals surface area (Å²) in [5, 5.41) is 12.0. The summed E-state index contributed by atoms with van der Waals surface area (Å²) in [6, 6.07) is 17.1. The van der Waals surface area contributed by atoms with E-state index in [4.69, 9.17) is 16.3 Å². The Kier molecular flexibility index (Phi) is 6.64. The number of para-hydroxylation sites is 1. The van der Waals surface area contributed by atoms with Gasteiger partial charge in [-0.1, -0.05) is 35.9 Å². The van der Waals surface area contributed by atoms with Gasteiger partial charge in [0.15, 0.2) is 0 Å². The fourth-order valence-corrected chi connectivity index (χ4v) is 2.79. The third kappa shape index (κ3) is 5.66. The topological polar surface area (TPSA) is 88.5 Å². The maximum atomic E-state index is 12.2. The number of hydrogen-bond acceptors (Lipinski definition) is 4. The molecule has 0 atom stereocenters. The Morgan fingerprint density at radius 3 is 2.41 bits per heavy atom. The second kappa shape index (κ2) is 9.36. The molecule has 0 saturated heterocycles. The van der Waals surface area contributed by atoms with Crippen LogP contribution in [0.4, 0.5) is 0 Å². The first-order chi connectivity index (χ1) is 13.9. The van der Waals surface area contributed by atoms with E-state index >= 15 is 0 Å². The van der Waals surface area contributed by atoms with E-state index < -0.39 is 11.9 Å². The summed E-state index contributed by atoms with van der Waals surface area (Å²) in [6.07, 6.45) is 2.62. The van der Waals surface area contributed by atoms with Gasteiger partial charge < -0.3 is 15.2 Å². The number of carboxylic acid groups (broad SMARTS) is 1. The third-order valence-corrected chi connectivity index (χ3v) is 4.60. The highest BCUT2D eigenvalue weighted by Gasteiger charge is 2.14. The molecule has 0 aliphatic heterocycles. The zero-order valence-corrected chi connectivity index (χ0v) is 17.1. The minimum absolute atomic E-state index is 0.193. The number of aliphatic carboxylic acids is 1. The van der Waals surface area contributed by atoms with Crippen LogP contribution in [0.25, 0.3) is 6.08 Å². The van der Waals surface area contributed by atoms with Crippen molar-refractivity contribution in [2.75, 3.05) is 0 Å². The molecule has 0 radical (unpaired) electrons. The van der Waals surface area contributed by atoms with E-state index in [9.17, 15) is 14.7 Å². The maximum absolute atomic E-state index is 12.2. The van der Waals surface area contributed by atoms with Gasteiger partial charge in [0.05, 0.1) is 10.0 Å². The van der Waals surface area contributed by atoms with Crippen molar-refractivity contribution in [1.29, 1.82) is 0 Å². The minimum Gasteiger partial charge on any atom is -0.477 e. The van der Waals surface area contributed by atoms with Gasteiger partial charge in [-0.05, 0) is 64.0 Å². The molecule has 8 heteroatoms. The van der Waals surface area contributed by atoms with Gasteiger partial charge in [-0.3, -0.25) is 4.79 Å². The highest BCUT2D eigenvalue weighted by Crippen LogP contribution is 2.29. The summed E-state index contributed by atoms with van der Waals surface area (Å²) in [7, 11) is 0. The van der Waals surface area contributed by atoms with Gasteiger partial charge in [0.1, 0.15) is 22.3 Å². The van der Waals surface area contributed by atoms with Crippen LogP contribution in [0.1, 0.15) is 15.9 Å². The lowest BCUT2D eigenvalue weighted by atomic mass is 10.1. The SMILES string of the molecule is O=C(O)/C(=C\c1ccc(Oc2ccccc2Br)cc1)NC(=O)c1ccc(Cl)nc1. The number of hydrogen-bond donors (Lipinski definition) is 2. The van der Waals surface area contributed by atoms with Crippen molar-refractivity contribution in [3.8, 4) is 11.5 Å². The maximum Gasteiger partial charge on any atom is 0.352 e. The number of amides is 1. The molecule has 0 aliphatic rings. The van der Waals surface area contributed by atoms with Crippen molar-refractivity contribution < 1.29 is 19.4 Å². The fourth-order valence-electron chi connectivity index (χ4n) is 2.31. The number of halogens is 2. The number of benzene rings is 2. The molecular weight excluding hydrogens is 460 g/mol. The van der Waals surface area contributed by atoms with Crippen molar-refractivity contribution in [3.63, 3.8) is 0 Å². The number of ether oxygens (including phenoxy) is 1. The van der Waals surface area contributed by atoms with Crippen molar-refractivity contribution >= 4 is 45.5 Å². The molecule has 1 amide bonds. The van der Waals surface area contributed by atoms with Crippen molar-refractivity contribution in [3.05, 3.63) is 93.3 Å². The first kappa shape index (κ1) is 20.6. The van der Waals surface area contributed by atoms with E-state index in [1.807, 2.05) is 24.3 Å². The Hall–Kier alpha value is -3.16. The van der Waals surface area contributed by atoms with Crippen LogP contribution in [0.2, 0.25) is 5.15 Å². The van der Waals surface area contributed by atoms with Gasteiger partial charge in [-0.25, -0.2) is 9.78 Å². The van der Waals surface area contributed by atoms with Crippen LogP contribution in [0.15, 0.2) is 77.0 Å². The molecule has 0 aliphatic carbocycles. The number of rotatable bonds is 6. The first-order valence-electron chi connectivity index (χ1n) is 8.33. The molecule has 1 aromatic heterocycles. The van der Waals surface area contributed by atoms with E-state index in [0.29, 0.717) is 17.1 Å². The summed E-state index contributed by atoms with van der Waals surface area (Å²) in [5.74, 6) is -0.626. The number of pyridine rings is 1. The molecule has 146 valence electrons. The average Bonchev–Trinajstić information content (AvgIpc) is 2.71. The summed E-state index contributed by atoms with van der Waals surface area (Å²) < 4.78 is 6.59. The Morgan fingerprint density at radius 1 is 1.07 bits per heavy atom. The fraction of sp³-hybridized carbons (Fsp3) is 0. The standard InChI is InChI=1S/C21H14BrClN2O4/c22-16-3-1-2-4-18(16)29-15-8-5-13(6-9-15)11-17(21(27)28)25-20(26)14-7-10-19(23)24-12-14/h1-12H,(H,25,26)(H,27,28)/b17-11+. The van der Waals surface area contributed by atoms with Crippen molar-refractivity contribution in [2.45, 2.75) is 0 Å². The molecule has 6 nitrogen and oxygen atoms in total. The molecule has 3 aromatic rings. The van der Waals surface area contributed by atoms with E-state index in [-0.39, 0.29) is 16.4 Å². The van der Waals surface area contributed by atoms with Crippen LogP contribution < -0.4 is 10.1 Å². The molecule has 0 spiro atoms. The first-order valence-corrected chi connectivity index (χ1v) is 9.50. The van der Waals surface area contributed by atoms with Gasteiger partial charge in [0.25, 0.3) is 5.91 Å². The van der Waals surface area contributed by atoms with E-state index in [0.717, 1.165) is 4.47 Å². The third-order valence-electron chi connectivity index (χ3n) is 3.72. The average molecular weight is 474 g/mol. The summed E-state index contributed by atoms with van der Waals surface area (Å²) in [4.78, 5) is 27.6. The second-order valence-electron chi connectivity index (χ2n) is 5.79. The Bertz CT molecular complexity index is 1070. The molecule has 2 N–H and O–H groups in total. The predicted molar refractivity (Wildman–Crippen MR) is 113 cm³/mol. The highest BCUT2D eigenvalue weighted by molar-refractivity contribution is 9.10. The summed E-state index contributed by atoms with van der Waals surface area (Å²) >= 11 is 9.10. The van der Waals surface area contributed by atoms with Gasteiger partial charge in [-0.15, -0.1) is 0 Å². The highest BCUT2D eigenvalue weighted by atomic mass is 79.9. The van der Waals surface area contributed by atoms with Crippen LogP contribution in [-0.4, -0.2) is 22.0 Å². The molecule has 0 bridgehead atoms. The van der Waals surface area contributed by atoms with Crippen molar-refractivity contribution in [1.82, 2.24) is 10.3 Å². The van der Waals surface area contributed by atoms with Crippen LogP contribution in [0, 0.1) is 0 Å². The number of carbonyl (C=O) groups is 2. The Balaban J connectivity index is 1.75. The molecule has 29 heavy (non-hydrogen) atoms. The Labute approximate surface area is 179 Å². The van der Waals surface area contributed by atoms with E-state index in [1.54, 1.807) is 24.3 Å². The van der Waals surface area contributed by atoms with Crippen LogP contribution in [0.5, 0.6) is 11.5 Å². The quantitative estimate of drug-likeness (QED) is 0.382. The summed E-state index contributed by atoms with van der Waals surface area (Å²) in [6.45, 7) is 0.